The Morgan fingerprint density at radius 2 is 1.68 bits per heavy atom. The maximum atomic E-state index is 10.9. The molecule has 0 aromatic carbocycles. The number of carboxylic acids is 1. The number of aliphatic carboxylic acids is 1. The first kappa shape index (κ1) is 18.7. The van der Waals surface area contributed by atoms with Crippen LogP contribution >= 0.6 is 0 Å². The van der Waals surface area contributed by atoms with Gasteiger partial charge in [0.1, 0.15) is 6.54 Å². The highest BCUT2D eigenvalue weighted by Gasteiger charge is 2.11. The second-order valence-corrected chi connectivity index (χ2v) is 6.10. The number of nitrogens with zero attached hydrogens (tertiary/aromatic N) is 1. The number of hydrogen-bond donors (Lipinski definition) is 0. The maximum Gasteiger partial charge on any atom is 0.187 e. The highest BCUT2D eigenvalue weighted by molar-refractivity contribution is 5.66. The van der Waals surface area contributed by atoms with E-state index < -0.39 is 5.97 Å². The van der Waals surface area contributed by atoms with Crippen LogP contribution in [-0.2, 0) is 24.2 Å². The monoisotopic (exact) mass is 305 g/mol. The van der Waals surface area contributed by atoms with Crippen LogP contribution in [0.5, 0.6) is 0 Å². The van der Waals surface area contributed by atoms with Gasteiger partial charge in [0.2, 0.25) is 0 Å². The van der Waals surface area contributed by atoms with Crippen LogP contribution in [-0.4, -0.2) is 5.97 Å². The van der Waals surface area contributed by atoms with E-state index in [1.807, 2.05) is 12.3 Å². The van der Waals surface area contributed by atoms with Crippen molar-refractivity contribution in [3.8, 4) is 0 Å². The lowest BCUT2D eigenvalue weighted by Crippen LogP contribution is -2.41. The molecule has 0 atom stereocenters. The van der Waals surface area contributed by atoms with Crippen LogP contribution in [0.1, 0.15) is 76.5 Å². The fraction of sp³-hybridized carbons (Fsp3) is 0.684. The lowest BCUT2D eigenvalue weighted by molar-refractivity contribution is -0.704. The van der Waals surface area contributed by atoms with Crippen LogP contribution < -0.4 is 9.67 Å². The Morgan fingerprint density at radius 3 is 2.27 bits per heavy atom. The zero-order chi connectivity index (χ0) is 16.2. The van der Waals surface area contributed by atoms with Crippen LogP contribution in [0.25, 0.3) is 0 Å². The second-order valence-electron chi connectivity index (χ2n) is 6.10. The van der Waals surface area contributed by atoms with Crippen molar-refractivity contribution in [2.24, 2.45) is 0 Å². The summed E-state index contributed by atoms with van der Waals surface area (Å²) in [5.74, 6) is -1.00. The summed E-state index contributed by atoms with van der Waals surface area (Å²) in [6, 6.07) is 4.09. The highest BCUT2D eigenvalue weighted by Crippen LogP contribution is 2.09. The number of unbranched alkanes of at least 4 members (excludes halogenated alkanes) is 7. The molecule has 1 heterocycles. The molecule has 0 radical (unpaired) electrons. The Hall–Kier alpha value is -1.38. The average molecular weight is 305 g/mol. The topological polar surface area (TPSA) is 44.0 Å². The first-order valence-corrected chi connectivity index (χ1v) is 8.88. The highest BCUT2D eigenvalue weighted by atomic mass is 16.4. The summed E-state index contributed by atoms with van der Waals surface area (Å²) in [6.45, 7) is 5.23. The van der Waals surface area contributed by atoms with Crippen molar-refractivity contribution in [2.45, 2.75) is 84.6 Å². The normalized spacial score (nSPS) is 10.8. The van der Waals surface area contributed by atoms with E-state index in [1.165, 1.54) is 50.5 Å². The largest absolute Gasteiger partial charge is 0.550 e. The molecule has 22 heavy (non-hydrogen) atoms. The van der Waals surface area contributed by atoms with E-state index in [9.17, 15) is 9.90 Å². The molecule has 0 aliphatic rings. The van der Waals surface area contributed by atoms with E-state index in [0.29, 0.717) is 0 Å². The Balaban J connectivity index is 2.36. The molecule has 3 nitrogen and oxygen atoms in total. The fourth-order valence-corrected chi connectivity index (χ4v) is 2.78. The third-order valence-electron chi connectivity index (χ3n) is 4.18. The van der Waals surface area contributed by atoms with Crippen LogP contribution in [0.3, 0.4) is 0 Å². The van der Waals surface area contributed by atoms with Gasteiger partial charge in [0.25, 0.3) is 0 Å². The third-order valence-corrected chi connectivity index (χ3v) is 4.18. The molecule has 1 aromatic heterocycles. The molecular weight excluding hydrogens is 274 g/mol. The first-order valence-electron chi connectivity index (χ1n) is 8.88. The number of aromatic nitrogens is 1. The van der Waals surface area contributed by atoms with Crippen LogP contribution in [0.15, 0.2) is 18.3 Å². The predicted octanol–water partition coefficient (Wildman–Crippen LogP) is 2.97. The van der Waals surface area contributed by atoms with Gasteiger partial charge in [0.05, 0.1) is 12.4 Å². The van der Waals surface area contributed by atoms with Gasteiger partial charge in [-0.1, -0.05) is 52.4 Å². The van der Waals surface area contributed by atoms with Crippen LogP contribution in [0, 0.1) is 0 Å². The number of rotatable bonds is 12. The van der Waals surface area contributed by atoms with E-state index in [0.717, 1.165) is 25.1 Å². The van der Waals surface area contributed by atoms with Crippen LogP contribution in [0.2, 0.25) is 0 Å². The van der Waals surface area contributed by atoms with Crippen molar-refractivity contribution in [3.63, 3.8) is 0 Å². The Bertz CT molecular complexity index is 443. The van der Waals surface area contributed by atoms with Crippen molar-refractivity contribution in [3.05, 3.63) is 29.6 Å². The van der Waals surface area contributed by atoms with E-state index in [4.69, 9.17) is 0 Å². The molecule has 0 unspecified atom stereocenters. The number of aryl methyl sites for hydroxylation is 2. The van der Waals surface area contributed by atoms with E-state index in [2.05, 4.69) is 24.5 Å². The Morgan fingerprint density at radius 1 is 1.05 bits per heavy atom. The summed E-state index contributed by atoms with van der Waals surface area (Å²) in [7, 11) is 0. The maximum absolute atomic E-state index is 10.9. The number of hydrogen-bond acceptors (Lipinski definition) is 2. The quantitative estimate of drug-likeness (QED) is 0.440. The summed E-state index contributed by atoms with van der Waals surface area (Å²) in [5.41, 5.74) is 2.05. The smallest absolute Gasteiger partial charge is 0.187 e. The van der Waals surface area contributed by atoms with E-state index >= 15 is 0 Å². The molecule has 124 valence electrons. The van der Waals surface area contributed by atoms with Gasteiger partial charge in [0, 0.05) is 18.6 Å². The van der Waals surface area contributed by atoms with Gasteiger partial charge in [0.15, 0.2) is 11.9 Å². The summed E-state index contributed by atoms with van der Waals surface area (Å²) in [5, 5.41) is 10.9. The molecular formula is C19H31NO2. The van der Waals surface area contributed by atoms with Gasteiger partial charge < -0.3 is 9.90 Å². The summed E-state index contributed by atoms with van der Waals surface area (Å²) < 4.78 is 2.08. The third kappa shape index (κ3) is 7.58. The lowest BCUT2D eigenvalue weighted by atomic mass is 10.1. The average Bonchev–Trinajstić information content (AvgIpc) is 2.50. The molecule has 0 amide bonds. The zero-order valence-corrected chi connectivity index (χ0v) is 14.3. The number of carbonyl (C=O) groups excluding carboxylic acids is 1. The van der Waals surface area contributed by atoms with E-state index in [-0.39, 0.29) is 6.42 Å². The lowest BCUT2D eigenvalue weighted by Gasteiger charge is -2.07. The summed E-state index contributed by atoms with van der Waals surface area (Å²) >= 11 is 0. The summed E-state index contributed by atoms with van der Waals surface area (Å²) in [4.78, 5) is 10.9. The van der Waals surface area contributed by atoms with Gasteiger partial charge in [-0.15, -0.1) is 0 Å². The van der Waals surface area contributed by atoms with Gasteiger partial charge in [-0.3, -0.25) is 0 Å². The van der Waals surface area contributed by atoms with Gasteiger partial charge >= 0.3 is 0 Å². The predicted molar refractivity (Wildman–Crippen MR) is 87.3 cm³/mol. The zero-order valence-electron chi connectivity index (χ0n) is 14.3. The molecule has 0 fully saturated rings. The second kappa shape index (κ2) is 11.2. The fourth-order valence-electron chi connectivity index (χ4n) is 2.78. The molecule has 0 saturated heterocycles. The molecule has 1 aromatic rings. The van der Waals surface area contributed by atoms with Gasteiger partial charge in [-0.05, 0) is 18.4 Å². The molecule has 3 heteroatoms. The Labute approximate surface area is 135 Å². The Kier molecular flexibility index (Phi) is 9.52. The number of carboxylic acid groups (broad SMARTS) is 1. The SMILES string of the molecule is CCCCCCCCCC[n+]1ccc(CC)cc1CC(=O)[O-]. The van der Waals surface area contributed by atoms with Crippen molar-refractivity contribution in [2.75, 3.05) is 0 Å². The molecule has 1 rings (SSSR count). The minimum absolute atomic E-state index is 0.00482. The molecule has 0 spiro atoms. The molecule has 0 aliphatic heterocycles. The molecule has 0 saturated carbocycles. The summed E-state index contributed by atoms with van der Waals surface area (Å²) in [6.07, 6.45) is 13.3. The van der Waals surface area contributed by atoms with Crippen molar-refractivity contribution in [1.29, 1.82) is 0 Å². The minimum Gasteiger partial charge on any atom is -0.550 e. The number of pyridine rings is 1. The number of carbonyl (C=O) groups is 1. The van der Waals surface area contributed by atoms with Crippen molar-refractivity contribution >= 4 is 5.97 Å². The van der Waals surface area contributed by atoms with Gasteiger partial charge in [-0.2, -0.15) is 0 Å². The van der Waals surface area contributed by atoms with E-state index in [1.54, 1.807) is 0 Å². The minimum atomic E-state index is -1.00. The van der Waals surface area contributed by atoms with Crippen LogP contribution in [0.4, 0.5) is 0 Å². The molecule has 0 aliphatic carbocycles. The van der Waals surface area contributed by atoms with Crippen molar-refractivity contribution in [1.82, 2.24) is 0 Å². The van der Waals surface area contributed by atoms with Crippen molar-refractivity contribution < 1.29 is 14.5 Å². The van der Waals surface area contributed by atoms with Gasteiger partial charge in [-0.25, -0.2) is 4.57 Å². The molecule has 0 bridgehead atoms. The standard InChI is InChI=1S/C19H31NO2/c1-3-5-6-7-8-9-10-11-13-20-14-12-17(4-2)15-18(20)16-19(21)22/h12,14-15H,3-11,13,16H2,1-2H3. The molecule has 0 N–H and O–H groups in total. The first-order chi connectivity index (χ1) is 10.7.